The Balaban J connectivity index is -0.000000194. The van der Waals surface area contributed by atoms with Crippen molar-refractivity contribution in [2.75, 3.05) is 0 Å². The van der Waals surface area contributed by atoms with Crippen molar-refractivity contribution in [3.05, 3.63) is 25.3 Å². The SMILES string of the molecule is C=CCCCCCCCCC(=O)OC(=O)CC[C@H](N)C(=O)OC(=O)CCCCCCCCC=C.[H-].[H-].[H-].[H-].[Na+].[Na+].[Na+].[Na+]. The predicted octanol–water partition coefficient (Wildman–Crippen LogP) is -5.69. The van der Waals surface area contributed by atoms with Gasteiger partial charge < -0.3 is 20.9 Å². The fourth-order valence-corrected chi connectivity index (χ4v) is 3.39. The molecule has 0 fully saturated rings. The largest absolute Gasteiger partial charge is 1.00 e. The van der Waals surface area contributed by atoms with Gasteiger partial charge in [0.25, 0.3) is 0 Å². The summed E-state index contributed by atoms with van der Waals surface area (Å²) >= 11 is 0. The summed E-state index contributed by atoms with van der Waals surface area (Å²) in [5.74, 6) is -2.76. The summed E-state index contributed by atoms with van der Waals surface area (Å²) in [6, 6.07) is -1.11. The predicted molar refractivity (Wildman–Crippen MR) is 138 cm³/mol. The molecule has 2 N–H and O–H groups in total. The van der Waals surface area contributed by atoms with Crippen molar-refractivity contribution in [2.45, 2.75) is 122 Å². The smallest absolute Gasteiger partial charge is 1.00 e. The van der Waals surface area contributed by atoms with E-state index >= 15 is 0 Å². The monoisotopic (exact) mass is 575 g/mol. The molecular formula is C27H49NNa4O6. The Bertz CT molecular complexity index is 654. The van der Waals surface area contributed by atoms with Crippen LogP contribution in [-0.2, 0) is 28.7 Å². The number of esters is 4. The number of ether oxygens (including phenoxy) is 2. The van der Waals surface area contributed by atoms with E-state index in [4.69, 9.17) is 15.2 Å². The minimum atomic E-state index is -1.11. The van der Waals surface area contributed by atoms with Crippen molar-refractivity contribution < 1.29 is 153 Å². The minimum Gasteiger partial charge on any atom is -1.00 e. The van der Waals surface area contributed by atoms with E-state index in [1.165, 1.54) is 0 Å². The molecule has 0 radical (unpaired) electrons. The second-order valence-corrected chi connectivity index (χ2v) is 8.68. The van der Waals surface area contributed by atoms with Crippen molar-refractivity contribution in [1.29, 1.82) is 0 Å². The van der Waals surface area contributed by atoms with Gasteiger partial charge in [0.15, 0.2) is 0 Å². The molecule has 0 aromatic carbocycles. The molecule has 11 heteroatoms. The van der Waals surface area contributed by atoms with E-state index < -0.39 is 29.9 Å². The third-order valence-corrected chi connectivity index (χ3v) is 5.48. The van der Waals surface area contributed by atoms with Crippen LogP contribution in [0.15, 0.2) is 25.3 Å². The summed E-state index contributed by atoms with van der Waals surface area (Å²) in [7, 11) is 0. The number of carbonyl (C=O) groups excluding carboxylic acids is 4. The molecule has 0 aliphatic rings. The molecule has 7 nitrogen and oxygen atoms in total. The van der Waals surface area contributed by atoms with Crippen LogP contribution in [0.3, 0.4) is 0 Å². The number of unbranched alkanes of at least 4 members (excludes halogenated alkanes) is 12. The van der Waals surface area contributed by atoms with E-state index in [2.05, 4.69) is 13.2 Å². The molecule has 0 aliphatic heterocycles. The minimum absolute atomic E-state index is 0. The fourth-order valence-electron chi connectivity index (χ4n) is 3.39. The second kappa shape index (κ2) is 36.7. The first-order valence-corrected chi connectivity index (χ1v) is 12.9. The van der Waals surface area contributed by atoms with E-state index in [0.29, 0.717) is 12.8 Å². The third kappa shape index (κ3) is 33.9. The van der Waals surface area contributed by atoms with E-state index in [1.54, 1.807) is 0 Å². The van der Waals surface area contributed by atoms with Crippen LogP contribution in [0.1, 0.15) is 121 Å². The Labute approximate surface area is 325 Å². The van der Waals surface area contributed by atoms with E-state index in [1.807, 2.05) is 12.2 Å². The number of allylic oxidation sites excluding steroid dienone is 2. The van der Waals surface area contributed by atoms with Crippen LogP contribution in [0, 0.1) is 0 Å². The fraction of sp³-hybridized carbons (Fsp3) is 0.704. The van der Waals surface area contributed by atoms with Crippen LogP contribution in [0.5, 0.6) is 0 Å². The average Bonchev–Trinajstić information content (AvgIpc) is 2.80. The van der Waals surface area contributed by atoms with Crippen LogP contribution in [0.4, 0.5) is 0 Å². The van der Waals surface area contributed by atoms with Gasteiger partial charge in [0.2, 0.25) is 0 Å². The van der Waals surface area contributed by atoms with Gasteiger partial charge in [-0.25, -0.2) is 4.79 Å². The van der Waals surface area contributed by atoms with Gasteiger partial charge in [-0.15, -0.1) is 13.2 Å². The van der Waals surface area contributed by atoms with Crippen molar-refractivity contribution in [3.8, 4) is 0 Å². The van der Waals surface area contributed by atoms with Gasteiger partial charge in [0, 0.05) is 19.3 Å². The zero-order chi connectivity index (χ0) is 25.4. The van der Waals surface area contributed by atoms with Crippen molar-refractivity contribution >= 4 is 23.9 Å². The maximum atomic E-state index is 11.9. The molecule has 202 valence electrons. The molecule has 0 saturated heterocycles. The first-order valence-electron chi connectivity index (χ1n) is 12.9. The molecule has 0 aromatic heterocycles. The molecule has 38 heavy (non-hydrogen) atoms. The summed E-state index contributed by atoms with van der Waals surface area (Å²) in [5.41, 5.74) is 5.70. The Morgan fingerprint density at radius 2 is 0.921 bits per heavy atom. The van der Waals surface area contributed by atoms with Crippen molar-refractivity contribution in [1.82, 2.24) is 0 Å². The Morgan fingerprint density at radius 1 is 0.579 bits per heavy atom. The van der Waals surface area contributed by atoms with Crippen molar-refractivity contribution in [2.24, 2.45) is 5.73 Å². The molecule has 0 spiro atoms. The topological polar surface area (TPSA) is 113 Å². The zero-order valence-electron chi connectivity index (χ0n) is 28.9. The Kier molecular flexibility index (Phi) is 47.8. The van der Waals surface area contributed by atoms with Gasteiger partial charge >= 0.3 is 142 Å². The number of rotatable bonds is 22. The van der Waals surface area contributed by atoms with Gasteiger partial charge in [0.05, 0.1) is 0 Å². The van der Waals surface area contributed by atoms with Crippen molar-refractivity contribution in [3.63, 3.8) is 0 Å². The standard InChI is InChI=1S/C27H45NO6.4Na.4H/c1-3-5-7-9-11-13-15-17-19-24(29)33-26(31)22-21-23(28)27(32)34-25(30)20-18-16-14-12-10-8-6-4-2;;;;;;;;/h3-4,23H,1-2,5-22,28H2;;;;;;;;/q;4*+1;4*-1/t23-;;;;;;;;/m0......../s1. The zero-order valence-corrected chi connectivity index (χ0v) is 32.9. The summed E-state index contributed by atoms with van der Waals surface area (Å²) in [5, 5.41) is 0. The van der Waals surface area contributed by atoms with Gasteiger partial charge in [-0.1, -0.05) is 63.5 Å². The van der Waals surface area contributed by atoms with Crippen LogP contribution < -0.4 is 124 Å². The first-order chi connectivity index (χ1) is 16.4. The average molecular weight is 576 g/mol. The van der Waals surface area contributed by atoms with Gasteiger partial charge in [-0.2, -0.15) is 0 Å². The Hall–Kier alpha value is 1.72. The third-order valence-electron chi connectivity index (χ3n) is 5.48. The molecule has 0 rings (SSSR count). The summed E-state index contributed by atoms with van der Waals surface area (Å²) < 4.78 is 9.51. The summed E-state index contributed by atoms with van der Waals surface area (Å²) in [6.45, 7) is 7.38. The van der Waals surface area contributed by atoms with Crippen LogP contribution >= 0.6 is 0 Å². The Morgan fingerprint density at radius 3 is 1.34 bits per heavy atom. The normalized spacial score (nSPS) is 10.2. The molecule has 0 aliphatic carbocycles. The molecule has 0 heterocycles. The summed E-state index contributed by atoms with van der Waals surface area (Å²) in [6.07, 6.45) is 18.0. The quantitative estimate of drug-likeness (QED) is 0.0450. The van der Waals surface area contributed by atoms with Gasteiger partial charge in [0.1, 0.15) is 6.04 Å². The van der Waals surface area contributed by atoms with E-state index in [0.717, 1.165) is 77.0 Å². The van der Waals surface area contributed by atoms with Crippen LogP contribution in [-0.4, -0.2) is 29.9 Å². The molecular weight excluding hydrogens is 526 g/mol. The van der Waals surface area contributed by atoms with E-state index in [9.17, 15) is 19.2 Å². The maximum Gasteiger partial charge on any atom is 1.00 e. The number of carbonyl (C=O) groups is 4. The molecule has 0 bridgehead atoms. The molecule has 0 aromatic rings. The van der Waals surface area contributed by atoms with Crippen LogP contribution in [0.25, 0.3) is 0 Å². The number of hydrogen-bond donors (Lipinski definition) is 1. The van der Waals surface area contributed by atoms with Gasteiger partial charge in [-0.05, 0) is 44.9 Å². The maximum absolute atomic E-state index is 11.9. The van der Waals surface area contributed by atoms with Gasteiger partial charge in [-0.3, -0.25) is 14.4 Å². The second-order valence-electron chi connectivity index (χ2n) is 8.68. The molecule has 0 saturated carbocycles. The molecule has 0 amide bonds. The van der Waals surface area contributed by atoms with Crippen LogP contribution in [0.2, 0.25) is 0 Å². The number of nitrogens with two attached hydrogens (primary N) is 1. The molecule has 1 atom stereocenters. The molecule has 0 unspecified atom stereocenters. The van der Waals surface area contributed by atoms with E-state index in [-0.39, 0.29) is 150 Å². The number of hydrogen-bond acceptors (Lipinski definition) is 7. The summed E-state index contributed by atoms with van der Waals surface area (Å²) in [4.78, 5) is 47.2. The first kappa shape index (κ1) is 49.4.